The molecule has 0 N–H and O–H groups in total. The van der Waals surface area contributed by atoms with Gasteiger partial charge >= 0.3 is 0 Å². The zero-order chi connectivity index (χ0) is 47.1. The Morgan fingerprint density at radius 2 is 0.266 bits per heavy atom. The predicted octanol–water partition coefficient (Wildman–Crippen LogP) is 23.1. The van der Waals surface area contributed by atoms with Crippen molar-refractivity contribution in [2.75, 3.05) is 0 Å². The largest absolute Gasteiger partial charge is 0.375 e. The summed E-state index contributed by atoms with van der Waals surface area (Å²) in [7, 11) is 0. The first-order valence-corrected chi connectivity index (χ1v) is 30.9. The maximum Gasteiger partial charge on any atom is 0.0578 e. The molecule has 0 spiro atoms. The average Bonchev–Trinajstić information content (AvgIpc) is 3.30. The van der Waals surface area contributed by atoms with Crippen LogP contribution >= 0.6 is 0 Å². The molecule has 4 atom stereocenters. The SMILES string of the molecule is CCCCCCCCCC(CCCCC)OC(CCCCC)CCCCCCCCC.CCCCCCCCCCC(CCCCC)OC(CCCCC)CCCCCCCCCC. The van der Waals surface area contributed by atoms with Crippen molar-refractivity contribution >= 4 is 0 Å². The van der Waals surface area contributed by atoms with Crippen LogP contribution in [0.5, 0.6) is 0 Å². The van der Waals surface area contributed by atoms with E-state index in [2.05, 4.69) is 55.4 Å². The van der Waals surface area contributed by atoms with Crippen LogP contribution in [0.2, 0.25) is 0 Å². The molecule has 0 aliphatic rings. The Kier molecular flexibility index (Phi) is 60.9. The quantitative estimate of drug-likeness (QED) is 0.0566. The van der Waals surface area contributed by atoms with Gasteiger partial charge in [-0.25, -0.2) is 0 Å². The van der Waals surface area contributed by atoms with Crippen molar-refractivity contribution in [1.29, 1.82) is 0 Å². The maximum atomic E-state index is 6.86. The number of ether oxygens (including phenoxy) is 2. The predicted molar refractivity (Wildman–Crippen MR) is 294 cm³/mol. The van der Waals surface area contributed by atoms with Crippen LogP contribution in [0.15, 0.2) is 0 Å². The zero-order valence-electron chi connectivity index (χ0n) is 46.5. The molecule has 64 heavy (non-hydrogen) atoms. The van der Waals surface area contributed by atoms with Gasteiger partial charge in [-0.05, 0) is 51.4 Å². The lowest BCUT2D eigenvalue weighted by Gasteiger charge is -2.26. The second-order valence-electron chi connectivity index (χ2n) is 21.1. The highest BCUT2D eigenvalue weighted by molar-refractivity contribution is 4.69. The van der Waals surface area contributed by atoms with E-state index in [-0.39, 0.29) is 0 Å². The molecule has 0 aromatic carbocycles. The molecule has 0 aromatic heterocycles. The third-order valence-electron chi connectivity index (χ3n) is 14.3. The smallest absolute Gasteiger partial charge is 0.0578 e. The molecule has 0 amide bonds. The Balaban J connectivity index is 0. The summed E-state index contributed by atoms with van der Waals surface area (Å²) in [5.41, 5.74) is 0. The topological polar surface area (TPSA) is 18.5 Å². The minimum Gasteiger partial charge on any atom is -0.375 e. The van der Waals surface area contributed by atoms with E-state index in [1.807, 2.05) is 0 Å². The van der Waals surface area contributed by atoms with Gasteiger partial charge in [0.1, 0.15) is 0 Å². The summed E-state index contributed by atoms with van der Waals surface area (Å²) in [6.45, 7) is 18.5. The fourth-order valence-corrected chi connectivity index (χ4v) is 9.82. The molecule has 0 aliphatic carbocycles. The van der Waals surface area contributed by atoms with Gasteiger partial charge in [0.15, 0.2) is 0 Å². The number of hydrogen-bond acceptors (Lipinski definition) is 2. The summed E-state index contributed by atoms with van der Waals surface area (Å²) in [6, 6.07) is 0. The number of unbranched alkanes of at least 4 members (excludes halogenated alkanes) is 34. The molecule has 2 nitrogen and oxygen atoms in total. The van der Waals surface area contributed by atoms with Gasteiger partial charge < -0.3 is 9.47 Å². The number of hydrogen-bond donors (Lipinski definition) is 0. The van der Waals surface area contributed by atoms with Gasteiger partial charge in [0.25, 0.3) is 0 Å². The monoisotopic (exact) mass is 905 g/mol. The van der Waals surface area contributed by atoms with Gasteiger partial charge in [-0.1, -0.05) is 325 Å². The van der Waals surface area contributed by atoms with Crippen molar-refractivity contribution < 1.29 is 9.47 Å². The fraction of sp³-hybridized carbons (Fsp3) is 1.00. The molecule has 0 saturated heterocycles. The van der Waals surface area contributed by atoms with E-state index in [1.54, 1.807) is 0 Å². The number of rotatable bonds is 54. The molecular formula is C62H128O2. The zero-order valence-corrected chi connectivity index (χ0v) is 46.5. The first-order chi connectivity index (χ1) is 31.6. The Bertz CT molecular complexity index is 719. The van der Waals surface area contributed by atoms with Crippen molar-refractivity contribution in [3.05, 3.63) is 0 Å². The van der Waals surface area contributed by atoms with E-state index in [0.29, 0.717) is 24.4 Å². The first-order valence-electron chi connectivity index (χ1n) is 30.9. The second kappa shape index (κ2) is 59.0. The van der Waals surface area contributed by atoms with E-state index in [9.17, 15) is 0 Å². The highest BCUT2D eigenvalue weighted by Crippen LogP contribution is 2.25. The molecular weight excluding hydrogens is 777 g/mol. The molecule has 0 aliphatic heterocycles. The van der Waals surface area contributed by atoms with Gasteiger partial charge in [-0.2, -0.15) is 0 Å². The van der Waals surface area contributed by atoms with Crippen molar-refractivity contribution in [3.8, 4) is 0 Å². The van der Waals surface area contributed by atoms with Crippen LogP contribution in [0, 0.1) is 0 Å². The maximum absolute atomic E-state index is 6.86. The summed E-state index contributed by atoms with van der Waals surface area (Å²) in [6.07, 6.45) is 71.1. The van der Waals surface area contributed by atoms with Crippen LogP contribution in [-0.4, -0.2) is 24.4 Å². The van der Waals surface area contributed by atoms with E-state index < -0.39 is 0 Å². The van der Waals surface area contributed by atoms with Crippen LogP contribution in [0.25, 0.3) is 0 Å². The molecule has 4 unspecified atom stereocenters. The van der Waals surface area contributed by atoms with E-state index in [0.717, 1.165) is 0 Å². The molecule has 388 valence electrons. The molecule has 0 aromatic rings. The summed E-state index contributed by atoms with van der Waals surface area (Å²) < 4.78 is 13.7. The van der Waals surface area contributed by atoms with Gasteiger partial charge in [0, 0.05) is 0 Å². The van der Waals surface area contributed by atoms with Gasteiger partial charge in [-0.3, -0.25) is 0 Å². The fourth-order valence-electron chi connectivity index (χ4n) is 9.82. The van der Waals surface area contributed by atoms with E-state index in [4.69, 9.17) is 9.47 Å². The van der Waals surface area contributed by atoms with Crippen LogP contribution in [0.1, 0.15) is 376 Å². The van der Waals surface area contributed by atoms with Crippen LogP contribution < -0.4 is 0 Å². The van der Waals surface area contributed by atoms with Crippen molar-refractivity contribution in [2.24, 2.45) is 0 Å². The molecule has 0 radical (unpaired) electrons. The van der Waals surface area contributed by atoms with Crippen molar-refractivity contribution in [2.45, 2.75) is 401 Å². The lowest BCUT2D eigenvalue weighted by molar-refractivity contribution is -0.0325. The Morgan fingerprint density at radius 3 is 0.422 bits per heavy atom. The summed E-state index contributed by atoms with van der Waals surface area (Å²) in [4.78, 5) is 0. The highest BCUT2D eigenvalue weighted by atomic mass is 16.5. The van der Waals surface area contributed by atoms with Crippen molar-refractivity contribution in [3.63, 3.8) is 0 Å². The Morgan fingerprint density at radius 1 is 0.156 bits per heavy atom. The van der Waals surface area contributed by atoms with Crippen LogP contribution in [0.3, 0.4) is 0 Å². The first kappa shape index (κ1) is 66.0. The second-order valence-corrected chi connectivity index (χ2v) is 21.1. The molecule has 0 rings (SSSR count). The third kappa shape index (κ3) is 52.9. The molecule has 0 fully saturated rings. The molecule has 2 heteroatoms. The van der Waals surface area contributed by atoms with Gasteiger partial charge in [0.05, 0.1) is 24.4 Å². The molecule has 0 saturated carbocycles. The Hall–Kier alpha value is -0.0800. The summed E-state index contributed by atoms with van der Waals surface area (Å²) in [5.74, 6) is 0. The summed E-state index contributed by atoms with van der Waals surface area (Å²) >= 11 is 0. The minimum absolute atomic E-state index is 0.525. The standard InChI is InChI=1S/C32H66O.C30H62O/c1-5-9-13-15-17-19-21-25-29-31(27-23-11-7-3)33-32(28-24-12-8-4)30-26-22-20-18-16-14-10-6-2;1-5-9-13-15-17-19-23-27-29(25-21-11-7-3)31-30(26-22-12-8-4)28-24-20-18-16-14-10-6-2/h31-32H,5-30H2,1-4H3;29-30H,5-28H2,1-4H3. The van der Waals surface area contributed by atoms with Crippen LogP contribution in [-0.2, 0) is 9.47 Å². The van der Waals surface area contributed by atoms with E-state index in [1.165, 1.54) is 321 Å². The normalized spacial score (nSPS) is 13.5. The molecule has 0 bridgehead atoms. The van der Waals surface area contributed by atoms with Crippen LogP contribution in [0.4, 0.5) is 0 Å². The van der Waals surface area contributed by atoms with Gasteiger partial charge in [-0.15, -0.1) is 0 Å². The lowest BCUT2D eigenvalue weighted by Crippen LogP contribution is -2.23. The summed E-state index contributed by atoms with van der Waals surface area (Å²) in [5, 5.41) is 0. The van der Waals surface area contributed by atoms with Gasteiger partial charge in [0.2, 0.25) is 0 Å². The molecule has 0 heterocycles. The Labute approximate surface area is 408 Å². The average molecular weight is 906 g/mol. The minimum atomic E-state index is 0.525. The van der Waals surface area contributed by atoms with E-state index >= 15 is 0 Å². The van der Waals surface area contributed by atoms with Crippen molar-refractivity contribution in [1.82, 2.24) is 0 Å². The lowest BCUT2D eigenvalue weighted by atomic mass is 10.00. The third-order valence-corrected chi connectivity index (χ3v) is 14.3. The highest BCUT2D eigenvalue weighted by Gasteiger charge is 2.18.